The molecule has 0 spiro atoms. The predicted molar refractivity (Wildman–Crippen MR) is 146 cm³/mol. The highest BCUT2D eigenvalue weighted by atomic mass is 16.6. The first-order chi connectivity index (χ1) is 16.6. The molecule has 2 amide bonds. The number of rotatable bonds is 6. The normalized spacial score (nSPS) is 18.9. The summed E-state index contributed by atoms with van der Waals surface area (Å²) < 4.78 is 11.3. The fraction of sp³-hybridized carbons (Fsp3) is 0.621. The lowest BCUT2D eigenvalue weighted by Gasteiger charge is -2.27. The Morgan fingerprint density at radius 3 is 2.11 bits per heavy atom. The van der Waals surface area contributed by atoms with Gasteiger partial charge in [0.05, 0.1) is 11.7 Å². The van der Waals surface area contributed by atoms with Crippen LogP contribution < -0.4 is 0 Å². The van der Waals surface area contributed by atoms with E-state index >= 15 is 0 Å². The van der Waals surface area contributed by atoms with Gasteiger partial charge in [-0.05, 0) is 78.9 Å². The molecule has 0 saturated carbocycles. The van der Waals surface area contributed by atoms with Gasteiger partial charge in [-0.25, -0.2) is 14.5 Å². The number of guanidine groups is 1. The predicted octanol–water partition coefficient (Wildman–Crippen LogP) is 7.39. The SMILES string of the molecule is CCCCN1/C(=N\C(=O)OC(C)(C)C)N(C(=O)OC(C)(C)C)/C(=C/c2ccc(C)cc2)C1CC(C)C. The van der Waals surface area contributed by atoms with Crippen LogP contribution in [0.15, 0.2) is 35.0 Å². The number of aliphatic imine (C=N–C) groups is 1. The molecule has 7 heteroatoms. The lowest BCUT2D eigenvalue weighted by molar-refractivity contribution is 0.0414. The Morgan fingerprint density at radius 2 is 1.61 bits per heavy atom. The van der Waals surface area contributed by atoms with Crippen LogP contribution >= 0.6 is 0 Å². The van der Waals surface area contributed by atoms with E-state index < -0.39 is 23.4 Å². The van der Waals surface area contributed by atoms with E-state index in [2.05, 4.69) is 30.7 Å². The highest BCUT2D eigenvalue weighted by Crippen LogP contribution is 2.34. The highest BCUT2D eigenvalue weighted by Gasteiger charge is 2.45. The molecule has 1 aromatic rings. The molecule has 1 aromatic carbocycles. The highest BCUT2D eigenvalue weighted by molar-refractivity contribution is 6.04. The van der Waals surface area contributed by atoms with Crippen molar-refractivity contribution in [1.29, 1.82) is 0 Å². The summed E-state index contributed by atoms with van der Waals surface area (Å²) >= 11 is 0. The van der Waals surface area contributed by atoms with Crippen LogP contribution in [0, 0.1) is 12.8 Å². The topological polar surface area (TPSA) is 71.4 Å². The average molecular weight is 500 g/mol. The third-order valence-corrected chi connectivity index (χ3v) is 5.43. The molecule has 7 nitrogen and oxygen atoms in total. The number of hydrogen-bond acceptors (Lipinski definition) is 4. The number of amides is 2. The van der Waals surface area contributed by atoms with Crippen molar-refractivity contribution in [3.05, 3.63) is 41.1 Å². The van der Waals surface area contributed by atoms with E-state index in [9.17, 15) is 9.59 Å². The lowest BCUT2D eigenvalue weighted by atomic mass is 9.99. The summed E-state index contributed by atoms with van der Waals surface area (Å²) in [6, 6.07) is 8.00. The monoisotopic (exact) mass is 499 g/mol. The van der Waals surface area contributed by atoms with E-state index in [0.29, 0.717) is 12.5 Å². The number of unbranched alkanes of at least 4 members (excludes halogenated alkanes) is 1. The summed E-state index contributed by atoms with van der Waals surface area (Å²) in [4.78, 5) is 34.4. The van der Waals surface area contributed by atoms with Crippen LogP contribution in [0.5, 0.6) is 0 Å². The smallest absolute Gasteiger partial charge is 0.437 e. The minimum atomic E-state index is -0.729. The van der Waals surface area contributed by atoms with Gasteiger partial charge >= 0.3 is 12.2 Å². The fourth-order valence-corrected chi connectivity index (χ4v) is 3.94. The Morgan fingerprint density at radius 1 is 1.03 bits per heavy atom. The summed E-state index contributed by atoms with van der Waals surface area (Å²) in [7, 11) is 0. The van der Waals surface area contributed by atoms with E-state index in [4.69, 9.17) is 9.47 Å². The quantitative estimate of drug-likeness (QED) is 0.408. The van der Waals surface area contributed by atoms with Crippen molar-refractivity contribution >= 4 is 24.2 Å². The summed E-state index contributed by atoms with van der Waals surface area (Å²) in [6.45, 7) is 20.0. The number of hydrogen-bond donors (Lipinski definition) is 0. The number of ether oxygens (including phenoxy) is 2. The first-order valence-electron chi connectivity index (χ1n) is 13.0. The van der Waals surface area contributed by atoms with Crippen molar-refractivity contribution in [3.63, 3.8) is 0 Å². The minimum absolute atomic E-state index is 0.147. The van der Waals surface area contributed by atoms with Crippen molar-refractivity contribution in [2.75, 3.05) is 6.54 Å². The van der Waals surface area contributed by atoms with Crippen LogP contribution in [0.1, 0.15) is 92.7 Å². The van der Waals surface area contributed by atoms with Crippen LogP contribution in [0.4, 0.5) is 9.59 Å². The molecule has 200 valence electrons. The van der Waals surface area contributed by atoms with Gasteiger partial charge < -0.3 is 14.4 Å². The van der Waals surface area contributed by atoms with Crippen LogP contribution in [0.25, 0.3) is 6.08 Å². The van der Waals surface area contributed by atoms with Crippen molar-refractivity contribution in [3.8, 4) is 0 Å². The standard InChI is InChI=1S/C29H45N3O4/c1-11-12-17-31-23(18-20(2)3)24(19-22-15-13-21(4)14-16-22)32(27(34)36-29(8,9)10)25(31)30-26(33)35-28(5,6)7/h13-16,19-20,23H,11-12,17-18H2,1-10H3/b24-19+,30-25+. The van der Waals surface area contributed by atoms with Gasteiger partial charge in [-0.3, -0.25) is 0 Å². The number of nitrogens with zero attached hydrogens (tertiary/aromatic N) is 3. The molecule has 0 aliphatic carbocycles. The van der Waals surface area contributed by atoms with Gasteiger partial charge in [0.15, 0.2) is 0 Å². The molecule has 1 aliphatic heterocycles. The van der Waals surface area contributed by atoms with Gasteiger partial charge in [-0.15, -0.1) is 4.99 Å². The molecule has 0 radical (unpaired) electrons. The number of carbonyl (C=O) groups is 2. The van der Waals surface area contributed by atoms with Gasteiger partial charge in [0, 0.05) is 6.54 Å². The molecular formula is C29H45N3O4. The zero-order chi connectivity index (χ0) is 27.3. The Bertz CT molecular complexity index is 966. The second-order valence-corrected chi connectivity index (χ2v) is 11.9. The summed E-state index contributed by atoms with van der Waals surface area (Å²) in [5.74, 6) is 0.609. The Balaban J connectivity index is 2.74. The molecule has 1 aliphatic rings. The van der Waals surface area contributed by atoms with E-state index in [0.717, 1.165) is 36.1 Å². The number of benzene rings is 1. The molecule has 0 aromatic heterocycles. The summed E-state index contributed by atoms with van der Waals surface area (Å²) in [5.41, 5.74) is 1.45. The van der Waals surface area contributed by atoms with Crippen molar-refractivity contribution in [2.45, 2.75) is 106 Å². The molecular weight excluding hydrogens is 454 g/mol. The fourth-order valence-electron chi connectivity index (χ4n) is 3.94. The van der Waals surface area contributed by atoms with Gasteiger partial charge in [-0.1, -0.05) is 57.0 Å². The first kappa shape index (κ1) is 29.4. The minimum Gasteiger partial charge on any atom is -0.443 e. The van der Waals surface area contributed by atoms with E-state index in [1.165, 1.54) is 4.90 Å². The molecule has 1 saturated heterocycles. The zero-order valence-electron chi connectivity index (χ0n) is 23.8. The molecule has 36 heavy (non-hydrogen) atoms. The Hall–Kier alpha value is -2.83. The maximum absolute atomic E-state index is 13.6. The maximum Gasteiger partial charge on any atom is 0.437 e. The molecule has 1 fully saturated rings. The molecule has 2 rings (SSSR count). The van der Waals surface area contributed by atoms with Crippen LogP contribution in [0.2, 0.25) is 0 Å². The van der Waals surface area contributed by atoms with Crippen LogP contribution in [-0.4, -0.2) is 51.7 Å². The summed E-state index contributed by atoms with van der Waals surface area (Å²) in [5, 5.41) is 0. The van der Waals surface area contributed by atoms with Crippen molar-refractivity contribution in [1.82, 2.24) is 9.80 Å². The van der Waals surface area contributed by atoms with Gasteiger partial charge in [0.2, 0.25) is 5.96 Å². The molecule has 1 unspecified atom stereocenters. The maximum atomic E-state index is 13.6. The molecule has 0 bridgehead atoms. The largest absolute Gasteiger partial charge is 0.443 e. The average Bonchev–Trinajstić information content (AvgIpc) is 2.96. The van der Waals surface area contributed by atoms with Crippen LogP contribution in [0.3, 0.4) is 0 Å². The number of carbonyl (C=O) groups excluding carboxylic acids is 2. The van der Waals surface area contributed by atoms with E-state index in [-0.39, 0.29) is 12.0 Å². The third-order valence-electron chi connectivity index (χ3n) is 5.43. The lowest BCUT2D eigenvalue weighted by Crippen LogP contribution is -2.42. The molecule has 1 heterocycles. The van der Waals surface area contributed by atoms with Crippen LogP contribution in [-0.2, 0) is 9.47 Å². The molecule has 0 N–H and O–H groups in total. The third kappa shape index (κ3) is 8.68. The van der Waals surface area contributed by atoms with E-state index in [1.807, 2.05) is 58.0 Å². The van der Waals surface area contributed by atoms with E-state index in [1.54, 1.807) is 20.8 Å². The second kappa shape index (κ2) is 11.9. The Labute approximate surface area is 217 Å². The van der Waals surface area contributed by atoms with Gasteiger partial charge in [0.1, 0.15) is 11.2 Å². The molecule has 1 atom stereocenters. The first-order valence-corrected chi connectivity index (χ1v) is 13.0. The summed E-state index contributed by atoms with van der Waals surface area (Å²) in [6.07, 6.45) is 3.36. The zero-order valence-corrected chi connectivity index (χ0v) is 23.8. The van der Waals surface area contributed by atoms with Crippen molar-refractivity contribution < 1.29 is 19.1 Å². The van der Waals surface area contributed by atoms with Gasteiger partial charge in [0.25, 0.3) is 0 Å². The second-order valence-electron chi connectivity index (χ2n) is 11.9. The number of aryl methyl sites for hydroxylation is 1. The van der Waals surface area contributed by atoms with Crippen molar-refractivity contribution in [2.24, 2.45) is 10.9 Å². The van der Waals surface area contributed by atoms with Gasteiger partial charge in [-0.2, -0.15) is 0 Å². The Kier molecular flexibility index (Phi) is 9.75.